The molecule has 0 aliphatic rings. The molecule has 6 heteroatoms. The average molecular weight is 186 g/mol. The Kier molecular flexibility index (Phi) is 5.78. The van der Waals surface area contributed by atoms with Crippen LogP contribution in [0.3, 0.4) is 0 Å². The standard InChI is InChI=1S/Cl4Si.O/c1-5(2,3)4;. The van der Waals surface area contributed by atoms with Gasteiger partial charge in [0.05, 0.1) is 0 Å². The molecule has 0 saturated heterocycles. The van der Waals surface area contributed by atoms with Crippen LogP contribution in [0.5, 0.6) is 0 Å². The van der Waals surface area contributed by atoms with Gasteiger partial charge in [0.2, 0.25) is 0 Å². The summed E-state index contributed by atoms with van der Waals surface area (Å²) >= 11 is 19.9. The summed E-state index contributed by atoms with van der Waals surface area (Å²) in [5.74, 6) is 0. The predicted molar refractivity (Wildman–Crippen MR) is 29.9 cm³/mol. The fraction of sp³-hybridized carbons (Fsp3) is 0. The van der Waals surface area contributed by atoms with Crippen molar-refractivity contribution in [1.29, 1.82) is 0 Å². The van der Waals surface area contributed by atoms with Gasteiger partial charge in [-0.2, -0.15) is 0 Å². The van der Waals surface area contributed by atoms with Crippen LogP contribution in [0.2, 0.25) is 0 Å². The van der Waals surface area contributed by atoms with E-state index in [0.29, 0.717) is 0 Å². The molecule has 1 nitrogen and oxygen atoms in total. The summed E-state index contributed by atoms with van der Waals surface area (Å²) in [7, 11) is 0. The highest BCUT2D eigenvalue weighted by molar-refractivity contribution is 7.81. The van der Waals surface area contributed by atoms with Gasteiger partial charge in [0.1, 0.15) is 0 Å². The molecule has 0 atom stereocenters. The van der Waals surface area contributed by atoms with Crippen LogP contribution in [0, 0.1) is 0 Å². The lowest BCUT2D eigenvalue weighted by Crippen LogP contribution is -1.91. The molecular weight excluding hydrogens is 186 g/mol. The Morgan fingerprint density at radius 3 is 0.833 bits per heavy atom. The smallest absolute Gasteiger partial charge is 0.110 e. The lowest BCUT2D eigenvalue weighted by Gasteiger charge is -1.85. The van der Waals surface area contributed by atoms with Gasteiger partial charge in [-0.25, -0.2) is 0 Å². The second kappa shape index (κ2) is 3.35. The van der Waals surface area contributed by atoms with Gasteiger partial charge in [0, 0.05) is 5.48 Å². The lowest BCUT2D eigenvalue weighted by atomic mass is 16.0. The van der Waals surface area contributed by atoms with Crippen LogP contribution in [0.25, 0.3) is 0 Å². The Labute approximate surface area is 55.3 Å². The van der Waals surface area contributed by atoms with E-state index in [2.05, 4.69) is 0 Å². The normalized spacial score (nSPS) is 10.0. The second-order valence-corrected chi connectivity index (χ2v) is 11.6. The van der Waals surface area contributed by atoms with E-state index in [-0.39, 0.29) is 5.48 Å². The highest BCUT2D eigenvalue weighted by Crippen LogP contribution is 2.23. The third-order valence-corrected chi connectivity index (χ3v) is 0. The molecule has 0 rings (SSSR count). The van der Waals surface area contributed by atoms with Gasteiger partial charge in [0.15, 0.2) is 0 Å². The number of hydrogen-bond donors (Lipinski definition) is 0. The molecular formula is Cl4OSi. The van der Waals surface area contributed by atoms with Gasteiger partial charge in [-0.1, -0.05) is 0 Å². The van der Waals surface area contributed by atoms with Gasteiger partial charge in [-0.15, -0.1) is 44.3 Å². The molecule has 6 heavy (non-hydrogen) atoms. The zero-order chi connectivity index (χ0) is 4.50. The Balaban J connectivity index is 0. The fourth-order valence-electron chi connectivity index (χ4n) is 0. The summed E-state index contributed by atoms with van der Waals surface area (Å²) < 4.78 is 0. The van der Waals surface area contributed by atoms with Gasteiger partial charge < -0.3 is 0 Å². The summed E-state index contributed by atoms with van der Waals surface area (Å²) in [6.07, 6.45) is 0. The zero-order valence-corrected chi connectivity index (χ0v) is 6.44. The minimum absolute atomic E-state index is 0. The second-order valence-electron chi connectivity index (χ2n) is 0.429. The van der Waals surface area contributed by atoms with Crippen LogP contribution in [0.1, 0.15) is 0 Å². The van der Waals surface area contributed by atoms with Crippen LogP contribution in [0.4, 0.5) is 0 Å². The lowest BCUT2D eigenvalue weighted by molar-refractivity contribution is 0.686. The molecule has 0 fully saturated rings. The van der Waals surface area contributed by atoms with E-state index in [0.717, 1.165) is 0 Å². The molecule has 0 aromatic carbocycles. The highest BCUT2D eigenvalue weighted by atomic mass is 36.0. The largest absolute Gasteiger partial charge is 0.440 e. The molecule has 0 aromatic rings. The SMILES string of the molecule is Cl[Si](Cl)(Cl)Cl.[O]. The van der Waals surface area contributed by atoms with Crippen LogP contribution < -0.4 is 0 Å². The van der Waals surface area contributed by atoms with Gasteiger partial charge in [-0.05, 0) is 0 Å². The Bertz CT molecular complexity index is 23.0. The van der Waals surface area contributed by atoms with Gasteiger partial charge in [-0.3, -0.25) is 0 Å². The predicted octanol–water partition coefficient (Wildman–Crippen LogP) is 2.26. The van der Waals surface area contributed by atoms with E-state index < -0.39 is 5.31 Å². The zero-order valence-electron chi connectivity index (χ0n) is 2.42. The fourth-order valence-corrected chi connectivity index (χ4v) is 0. The van der Waals surface area contributed by atoms with Gasteiger partial charge in [0.25, 0.3) is 0 Å². The number of halogens is 4. The van der Waals surface area contributed by atoms with E-state index in [1.54, 1.807) is 0 Å². The van der Waals surface area contributed by atoms with Crippen molar-refractivity contribution in [1.82, 2.24) is 0 Å². The molecule has 0 aliphatic carbocycles. The van der Waals surface area contributed by atoms with Crippen molar-refractivity contribution >= 4 is 49.6 Å². The number of hydrogen-bond acceptors (Lipinski definition) is 0. The molecule has 38 valence electrons. The van der Waals surface area contributed by atoms with Crippen molar-refractivity contribution in [3.63, 3.8) is 0 Å². The van der Waals surface area contributed by atoms with Crippen LogP contribution >= 0.6 is 44.3 Å². The Morgan fingerprint density at radius 1 is 0.833 bits per heavy atom. The summed E-state index contributed by atoms with van der Waals surface area (Å²) in [4.78, 5) is 0. The monoisotopic (exact) mass is 184 g/mol. The van der Waals surface area contributed by atoms with Crippen LogP contribution in [-0.4, -0.2) is 5.31 Å². The first-order valence-corrected chi connectivity index (χ1v) is 6.80. The van der Waals surface area contributed by atoms with Crippen molar-refractivity contribution in [3.8, 4) is 0 Å². The number of rotatable bonds is 0. The summed E-state index contributed by atoms with van der Waals surface area (Å²) in [5.41, 5.74) is 0. The highest BCUT2D eigenvalue weighted by Gasteiger charge is 2.19. The summed E-state index contributed by atoms with van der Waals surface area (Å²) in [6, 6.07) is 0. The van der Waals surface area contributed by atoms with Crippen molar-refractivity contribution in [2.45, 2.75) is 0 Å². The summed E-state index contributed by atoms with van der Waals surface area (Å²) in [6.45, 7) is 0. The van der Waals surface area contributed by atoms with Crippen LogP contribution in [-0.2, 0) is 5.48 Å². The van der Waals surface area contributed by atoms with E-state index in [9.17, 15) is 0 Å². The molecule has 0 amide bonds. The topological polar surface area (TPSA) is 28.5 Å². The Hall–Kier alpha value is 1.34. The van der Waals surface area contributed by atoms with E-state index >= 15 is 0 Å². The van der Waals surface area contributed by atoms with E-state index in [4.69, 9.17) is 44.3 Å². The molecule has 0 N–H and O–H groups in total. The van der Waals surface area contributed by atoms with E-state index in [1.165, 1.54) is 0 Å². The molecule has 0 saturated carbocycles. The molecule has 0 heterocycles. The Morgan fingerprint density at radius 2 is 0.833 bits per heavy atom. The third kappa shape index (κ3) is 56.2. The first-order valence-electron chi connectivity index (χ1n) is 0.756. The van der Waals surface area contributed by atoms with Crippen molar-refractivity contribution in [2.75, 3.05) is 0 Å². The molecule has 0 bridgehead atoms. The molecule has 0 unspecified atom stereocenters. The van der Waals surface area contributed by atoms with Crippen molar-refractivity contribution < 1.29 is 5.48 Å². The van der Waals surface area contributed by atoms with Gasteiger partial charge >= 0.3 is 5.31 Å². The summed E-state index contributed by atoms with van der Waals surface area (Å²) in [5, 5.41) is -2.72. The maximum atomic E-state index is 4.97. The maximum absolute atomic E-state index is 4.97. The minimum Gasteiger partial charge on any atom is -0.110 e. The molecule has 0 aliphatic heterocycles. The van der Waals surface area contributed by atoms with Crippen molar-refractivity contribution in [3.05, 3.63) is 0 Å². The quantitative estimate of drug-likeness (QED) is 0.410. The average Bonchev–Trinajstić information content (AvgIpc) is 0.722. The van der Waals surface area contributed by atoms with E-state index in [1.807, 2.05) is 0 Å². The van der Waals surface area contributed by atoms with Crippen molar-refractivity contribution in [2.24, 2.45) is 0 Å². The van der Waals surface area contributed by atoms with Crippen LogP contribution in [0.15, 0.2) is 0 Å². The molecule has 0 spiro atoms. The molecule has 0 aromatic heterocycles. The molecule has 2 radical (unpaired) electrons. The third-order valence-electron chi connectivity index (χ3n) is 0. The minimum atomic E-state index is -2.72. The maximum Gasteiger partial charge on any atom is 0.440 e. The first-order chi connectivity index (χ1) is 2.00. The first kappa shape index (κ1) is 10.3.